The van der Waals surface area contributed by atoms with E-state index in [4.69, 9.17) is 4.98 Å². The van der Waals surface area contributed by atoms with Crippen molar-refractivity contribution in [2.45, 2.75) is 45.1 Å². The molecule has 2 atom stereocenters. The van der Waals surface area contributed by atoms with Crippen molar-refractivity contribution in [2.24, 2.45) is 5.92 Å². The van der Waals surface area contributed by atoms with Crippen molar-refractivity contribution >= 4 is 0 Å². The quantitative estimate of drug-likeness (QED) is 0.782. The highest BCUT2D eigenvalue weighted by Gasteiger charge is 2.22. The molecule has 0 radical (unpaired) electrons. The molecule has 3 rings (SSSR count). The zero-order chi connectivity index (χ0) is 11.0. The van der Waals surface area contributed by atoms with E-state index in [1.54, 1.807) is 0 Å². The smallest absolute Gasteiger partial charge is 0.108 e. The van der Waals surface area contributed by atoms with Gasteiger partial charge in [-0.05, 0) is 31.7 Å². The number of hydrogen-bond acceptors (Lipinski definition) is 2. The second-order valence-electron chi connectivity index (χ2n) is 5.42. The summed E-state index contributed by atoms with van der Waals surface area (Å²) >= 11 is 0. The summed E-state index contributed by atoms with van der Waals surface area (Å²) in [6, 6.07) is 0. The molecule has 0 amide bonds. The SMILES string of the molecule is C[C@H]1CCc2nc([C@@H]3CCCNC3)cn2C1. The average molecular weight is 219 g/mol. The van der Waals surface area contributed by atoms with Crippen LogP contribution in [-0.4, -0.2) is 22.6 Å². The first kappa shape index (κ1) is 10.3. The molecule has 0 saturated carbocycles. The van der Waals surface area contributed by atoms with E-state index in [1.165, 1.54) is 50.3 Å². The summed E-state index contributed by atoms with van der Waals surface area (Å²) in [5.41, 5.74) is 1.33. The number of piperidine rings is 1. The molecule has 0 spiro atoms. The molecule has 2 aliphatic heterocycles. The molecule has 1 fully saturated rings. The Hall–Kier alpha value is -0.830. The van der Waals surface area contributed by atoms with Crippen LogP contribution in [-0.2, 0) is 13.0 Å². The van der Waals surface area contributed by atoms with E-state index in [1.807, 2.05) is 0 Å². The second kappa shape index (κ2) is 4.21. The lowest BCUT2D eigenvalue weighted by Gasteiger charge is -2.20. The van der Waals surface area contributed by atoms with Gasteiger partial charge in [-0.3, -0.25) is 0 Å². The molecular weight excluding hydrogens is 198 g/mol. The molecule has 0 aliphatic carbocycles. The minimum absolute atomic E-state index is 0.655. The minimum Gasteiger partial charge on any atom is -0.334 e. The summed E-state index contributed by atoms with van der Waals surface area (Å²) in [6.45, 7) is 5.81. The summed E-state index contributed by atoms with van der Waals surface area (Å²) < 4.78 is 2.39. The van der Waals surface area contributed by atoms with E-state index >= 15 is 0 Å². The van der Waals surface area contributed by atoms with Crippen LogP contribution in [0.2, 0.25) is 0 Å². The van der Waals surface area contributed by atoms with E-state index in [0.717, 1.165) is 12.5 Å². The van der Waals surface area contributed by atoms with E-state index in [-0.39, 0.29) is 0 Å². The predicted octanol–water partition coefficient (Wildman–Crippen LogP) is 1.93. The number of fused-ring (bicyclic) bond motifs is 1. The molecule has 0 aromatic carbocycles. The second-order valence-corrected chi connectivity index (χ2v) is 5.42. The first-order chi connectivity index (χ1) is 7.83. The van der Waals surface area contributed by atoms with Crippen molar-refractivity contribution in [2.75, 3.05) is 13.1 Å². The fourth-order valence-electron chi connectivity index (χ4n) is 2.94. The highest BCUT2D eigenvalue weighted by Crippen LogP contribution is 2.26. The number of aromatic nitrogens is 2. The van der Waals surface area contributed by atoms with Crippen LogP contribution >= 0.6 is 0 Å². The van der Waals surface area contributed by atoms with Crippen LogP contribution in [0.4, 0.5) is 0 Å². The van der Waals surface area contributed by atoms with Crippen molar-refractivity contribution in [3.05, 3.63) is 17.7 Å². The first-order valence-corrected chi connectivity index (χ1v) is 6.59. The van der Waals surface area contributed by atoms with Crippen molar-refractivity contribution in [1.29, 1.82) is 0 Å². The lowest BCUT2D eigenvalue weighted by molar-refractivity contribution is 0.394. The van der Waals surface area contributed by atoms with Gasteiger partial charge in [-0.2, -0.15) is 0 Å². The molecule has 1 aromatic heterocycles. The van der Waals surface area contributed by atoms with Crippen LogP contribution in [0.15, 0.2) is 6.20 Å². The standard InChI is InChI=1S/C13H21N3/c1-10-4-5-13-15-12(9-16(13)8-10)11-3-2-6-14-7-11/h9-11,14H,2-8H2,1H3/t10-,11+/m0/s1. The Balaban J connectivity index is 1.80. The van der Waals surface area contributed by atoms with Gasteiger partial charge in [0.15, 0.2) is 0 Å². The minimum atomic E-state index is 0.655. The van der Waals surface area contributed by atoms with E-state index in [0.29, 0.717) is 5.92 Å². The fourth-order valence-corrected chi connectivity index (χ4v) is 2.94. The number of imidazole rings is 1. The van der Waals surface area contributed by atoms with Gasteiger partial charge in [-0.25, -0.2) is 4.98 Å². The number of nitrogens with zero attached hydrogens (tertiary/aromatic N) is 2. The third kappa shape index (κ3) is 1.88. The summed E-state index contributed by atoms with van der Waals surface area (Å²) in [6.07, 6.45) is 7.38. The Bertz CT molecular complexity index is 363. The molecule has 3 heterocycles. The Kier molecular flexibility index (Phi) is 2.72. The maximum atomic E-state index is 4.83. The normalized spacial score (nSPS) is 30.1. The Labute approximate surface area is 97.3 Å². The summed E-state index contributed by atoms with van der Waals surface area (Å²) in [5.74, 6) is 2.79. The predicted molar refractivity (Wildman–Crippen MR) is 64.6 cm³/mol. The zero-order valence-corrected chi connectivity index (χ0v) is 10.1. The van der Waals surface area contributed by atoms with Crippen molar-refractivity contribution < 1.29 is 0 Å². The van der Waals surface area contributed by atoms with Crippen molar-refractivity contribution in [3.63, 3.8) is 0 Å². The van der Waals surface area contributed by atoms with Gasteiger partial charge in [0.05, 0.1) is 5.69 Å². The number of hydrogen-bond donors (Lipinski definition) is 1. The number of nitrogens with one attached hydrogen (secondary N) is 1. The zero-order valence-electron chi connectivity index (χ0n) is 10.1. The largest absolute Gasteiger partial charge is 0.334 e. The third-order valence-electron chi connectivity index (χ3n) is 3.96. The van der Waals surface area contributed by atoms with Gasteiger partial charge < -0.3 is 9.88 Å². The van der Waals surface area contributed by atoms with Crippen LogP contribution in [0, 0.1) is 5.92 Å². The Morgan fingerprint density at radius 3 is 3.19 bits per heavy atom. The van der Waals surface area contributed by atoms with Gasteiger partial charge in [0.25, 0.3) is 0 Å². The van der Waals surface area contributed by atoms with Gasteiger partial charge in [0.2, 0.25) is 0 Å². The van der Waals surface area contributed by atoms with Crippen LogP contribution < -0.4 is 5.32 Å². The monoisotopic (exact) mass is 219 g/mol. The molecule has 1 saturated heterocycles. The van der Waals surface area contributed by atoms with Gasteiger partial charge in [0, 0.05) is 31.6 Å². The molecule has 88 valence electrons. The van der Waals surface area contributed by atoms with Crippen LogP contribution in [0.1, 0.15) is 43.6 Å². The Morgan fingerprint density at radius 2 is 2.38 bits per heavy atom. The van der Waals surface area contributed by atoms with Crippen molar-refractivity contribution in [1.82, 2.24) is 14.9 Å². The molecule has 1 aromatic rings. The maximum absolute atomic E-state index is 4.83. The topological polar surface area (TPSA) is 29.9 Å². The number of aryl methyl sites for hydroxylation is 1. The highest BCUT2D eigenvalue weighted by atomic mass is 15.1. The highest BCUT2D eigenvalue weighted by molar-refractivity contribution is 5.12. The van der Waals surface area contributed by atoms with E-state index in [2.05, 4.69) is 23.0 Å². The lowest BCUT2D eigenvalue weighted by atomic mass is 9.97. The molecule has 2 aliphatic rings. The van der Waals surface area contributed by atoms with Gasteiger partial charge >= 0.3 is 0 Å². The lowest BCUT2D eigenvalue weighted by Crippen LogP contribution is -2.28. The molecule has 3 heteroatoms. The van der Waals surface area contributed by atoms with Gasteiger partial charge in [-0.1, -0.05) is 6.92 Å². The number of rotatable bonds is 1. The van der Waals surface area contributed by atoms with Crippen molar-refractivity contribution in [3.8, 4) is 0 Å². The van der Waals surface area contributed by atoms with Crippen LogP contribution in [0.25, 0.3) is 0 Å². The summed E-state index contributed by atoms with van der Waals surface area (Å²) in [7, 11) is 0. The van der Waals surface area contributed by atoms with Crippen LogP contribution in [0.5, 0.6) is 0 Å². The van der Waals surface area contributed by atoms with E-state index in [9.17, 15) is 0 Å². The molecular formula is C13H21N3. The first-order valence-electron chi connectivity index (χ1n) is 6.59. The average Bonchev–Trinajstić information content (AvgIpc) is 2.73. The Morgan fingerprint density at radius 1 is 1.44 bits per heavy atom. The molecule has 0 unspecified atom stereocenters. The van der Waals surface area contributed by atoms with Crippen LogP contribution in [0.3, 0.4) is 0 Å². The maximum Gasteiger partial charge on any atom is 0.108 e. The summed E-state index contributed by atoms with van der Waals surface area (Å²) in [5, 5.41) is 3.47. The van der Waals surface area contributed by atoms with Gasteiger partial charge in [0.1, 0.15) is 5.82 Å². The van der Waals surface area contributed by atoms with E-state index < -0.39 is 0 Å². The molecule has 0 bridgehead atoms. The molecule has 3 nitrogen and oxygen atoms in total. The summed E-state index contributed by atoms with van der Waals surface area (Å²) in [4.78, 5) is 4.83. The van der Waals surface area contributed by atoms with Gasteiger partial charge in [-0.15, -0.1) is 0 Å². The molecule has 16 heavy (non-hydrogen) atoms. The fraction of sp³-hybridized carbons (Fsp3) is 0.769. The third-order valence-corrected chi connectivity index (χ3v) is 3.96. The molecule has 1 N–H and O–H groups in total.